The van der Waals surface area contributed by atoms with E-state index in [4.69, 9.17) is 4.74 Å². The second-order valence-corrected chi connectivity index (χ2v) is 1.96. The van der Waals surface area contributed by atoms with E-state index in [0.717, 1.165) is 32.5 Å². The summed E-state index contributed by atoms with van der Waals surface area (Å²) in [6.45, 7) is 3.65. The van der Waals surface area contributed by atoms with Gasteiger partial charge in [0.05, 0.1) is 6.61 Å². The molecular formula is C7H15O2. The van der Waals surface area contributed by atoms with E-state index in [2.05, 4.69) is 0 Å². The summed E-state index contributed by atoms with van der Waals surface area (Å²) in [7, 11) is 0. The number of ether oxygens (including phenoxy) is 1. The van der Waals surface area contributed by atoms with Crippen molar-refractivity contribution in [3.8, 4) is 0 Å². The number of hydrogen-bond donors (Lipinski definition) is 0. The Morgan fingerprint density at radius 2 is 2.00 bits per heavy atom. The molecular weight excluding hydrogens is 116 g/mol. The Morgan fingerprint density at radius 1 is 1.22 bits per heavy atom. The third-order valence-corrected chi connectivity index (χ3v) is 1.14. The fraction of sp³-hybridized carbons (Fsp3) is 1.00. The molecule has 0 aliphatic heterocycles. The van der Waals surface area contributed by atoms with Gasteiger partial charge in [-0.05, 0) is 26.2 Å². The number of rotatable bonds is 6. The third-order valence-electron chi connectivity index (χ3n) is 1.14. The van der Waals surface area contributed by atoms with Gasteiger partial charge < -0.3 is 4.74 Å². The van der Waals surface area contributed by atoms with Crippen LogP contribution in [0.2, 0.25) is 0 Å². The zero-order chi connectivity index (χ0) is 6.95. The lowest BCUT2D eigenvalue weighted by atomic mass is 10.2. The molecule has 0 aliphatic carbocycles. The first-order valence-electron chi connectivity index (χ1n) is 3.57. The van der Waals surface area contributed by atoms with Crippen LogP contribution < -0.4 is 0 Å². The minimum atomic E-state index is 0.0616. The van der Waals surface area contributed by atoms with Gasteiger partial charge in [-0.1, -0.05) is 0 Å². The van der Waals surface area contributed by atoms with Gasteiger partial charge in [0.1, 0.15) is 0 Å². The van der Waals surface area contributed by atoms with Crippen molar-refractivity contribution in [3.05, 3.63) is 0 Å². The van der Waals surface area contributed by atoms with Gasteiger partial charge in [0.25, 0.3) is 0 Å². The Bertz CT molecular complexity index is 40.2. The van der Waals surface area contributed by atoms with Crippen LogP contribution in [0.3, 0.4) is 0 Å². The summed E-state index contributed by atoms with van der Waals surface area (Å²) in [6.07, 6.45) is 2.85. The Balaban J connectivity index is 2.60. The van der Waals surface area contributed by atoms with Crippen LogP contribution >= 0.6 is 0 Å². The van der Waals surface area contributed by atoms with Crippen molar-refractivity contribution in [3.63, 3.8) is 0 Å². The Hall–Kier alpha value is -0.0800. The molecule has 1 radical (unpaired) electrons. The zero-order valence-corrected chi connectivity index (χ0v) is 6.06. The largest absolute Gasteiger partial charge is 0.382 e. The average Bonchev–Trinajstić information content (AvgIpc) is 1.89. The Morgan fingerprint density at radius 3 is 2.56 bits per heavy atom. The van der Waals surface area contributed by atoms with Gasteiger partial charge in [-0.3, -0.25) is 0 Å². The van der Waals surface area contributed by atoms with Crippen molar-refractivity contribution in [1.82, 2.24) is 0 Å². The molecule has 0 amide bonds. The maximum Gasteiger partial charge on any atom is 0.0822 e. The first-order valence-corrected chi connectivity index (χ1v) is 3.57. The second kappa shape index (κ2) is 7.92. The molecule has 0 heterocycles. The van der Waals surface area contributed by atoms with Crippen molar-refractivity contribution < 1.29 is 9.84 Å². The standard InChI is InChI=1S/C7H15O2/c1-2-9-7-5-3-4-6-8/h2-7H2,1H3. The molecule has 2 heteroatoms. The van der Waals surface area contributed by atoms with Crippen molar-refractivity contribution in [2.75, 3.05) is 19.8 Å². The van der Waals surface area contributed by atoms with Crippen LogP contribution in [-0.2, 0) is 9.84 Å². The fourth-order valence-corrected chi connectivity index (χ4v) is 0.627. The Kier molecular flexibility index (Phi) is 7.85. The molecule has 0 saturated carbocycles. The van der Waals surface area contributed by atoms with E-state index in [1.165, 1.54) is 0 Å². The summed E-state index contributed by atoms with van der Waals surface area (Å²) >= 11 is 0. The highest BCUT2D eigenvalue weighted by Gasteiger charge is 1.86. The predicted octanol–water partition coefficient (Wildman–Crippen LogP) is 1.62. The van der Waals surface area contributed by atoms with Crippen LogP contribution in [-0.4, -0.2) is 19.8 Å². The third kappa shape index (κ3) is 7.92. The van der Waals surface area contributed by atoms with Crippen LogP contribution in [0.1, 0.15) is 26.2 Å². The van der Waals surface area contributed by atoms with Crippen LogP contribution in [0.5, 0.6) is 0 Å². The van der Waals surface area contributed by atoms with Crippen LogP contribution in [0.25, 0.3) is 0 Å². The molecule has 0 aromatic heterocycles. The smallest absolute Gasteiger partial charge is 0.0822 e. The summed E-state index contributed by atoms with van der Waals surface area (Å²) in [5, 5.41) is 9.92. The molecule has 0 fully saturated rings. The lowest BCUT2D eigenvalue weighted by molar-refractivity contribution is 0.136. The van der Waals surface area contributed by atoms with Crippen molar-refractivity contribution in [2.45, 2.75) is 26.2 Å². The molecule has 0 atom stereocenters. The van der Waals surface area contributed by atoms with Gasteiger partial charge in [0.15, 0.2) is 0 Å². The van der Waals surface area contributed by atoms with E-state index >= 15 is 0 Å². The first-order chi connectivity index (χ1) is 4.41. The summed E-state index contributed by atoms with van der Waals surface area (Å²) in [5.41, 5.74) is 0. The van der Waals surface area contributed by atoms with Gasteiger partial charge in [-0.15, -0.1) is 0 Å². The molecule has 0 aliphatic rings. The molecule has 0 aromatic rings. The van der Waals surface area contributed by atoms with Gasteiger partial charge in [0, 0.05) is 13.2 Å². The van der Waals surface area contributed by atoms with Gasteiger partial charge in [-0.2, -0.15) is 0 Å². The minimum absolute atomic E-state index is 0.0616. The normalized spacial score (nSPS) is 10.0. The zero-order valence-electron chi connectivity index (χ0n) is 6.06. The maximum atomic E-state index is 9.92. The van der Waals surface area contributed by atoms with Crippen molar-refractivity contribution >= 4 is 0 Å². The Labute approximate surface area is 56.8 Å². The monoisotopic (exact) mass is 131 g/mol. The molecule has 0 aromatic carbocycles. The van der Waals surface area contributed by atoms with E-state index in [1.807, 2.05) is 6.92 Å². The van der Waals surface area contributed by atoms with Crippen molar-refractivity contribution in [1.29, 1.82) is 0 Å². The molecule has 0 unspecified atom stereocenters. The SMILES string of the molecule is CCOCCCCC[O]. The average molecular weight is 131 g/mol. The molecule has 2 nitrogen and oxygen atoms in total. The molecule has 9 heavy (non-hydrogen) atoms. The van der Waals surface area contributed by atoms with E-state index in [1.54, 1.807) is 0 Å². The lowest BCUT2D eigenvalue weighted by Gasteiger charge is -1.97. The minimum Gasteiger partial charge on any atom is -0.382 e. The topological polar surface area (TPSA) is 29.1 Å². The van der Waals surface area contributed by atoms with E-state index in [-0.39, 0.29) is 6.61 Å². The summed E-state index contributed by atoms with van der Waals surface area (Å²) in [6, 6.07) is 0. The van der Waals surface area contributed by atoms with Gasteiger partial charge in [-0.25, -0.2) is 5.11 Å². The molecule has 0 bridgehead atoms. The van der Waals surface area contributed by atoms with Crippen LogP contribution in [0.4, 0.5) is 0 Å². The van der Waals surface area contributed by atoms with E-state index < -0.39 is 0 Å². The number of hydrogen-bond acceptors (Lipinski definition) is 1. The summed E-state index contributed by atoms with van der Waals surface area (Å²) in [5.74, 6) is 0. The van der Waals surface area contributed by atoms with Gasteiger partial charge >= 0.3 is 0 Å². The second-order valence-electron chi connectivity index (χ2n) is 1.96. The molecule has 0 spiro atoms. The highest BCUT2D eigenvalue weighted by Crippen LogP contribution is 1.93. The van der Waals surface area contributed by atoms with Crippen LogP contribution in [0, 0.1) is 0 Å². The molecule has 0 N–H and O–H groups in total. The predicted molar refractivity (Wildman–Crippen MR) is 35.9 cm³/mol. The van der Waals surface area contributed by atoms with E-state index in [9.17, 15) is 5.11 Å². The highest BCUT2D eigenvalue weighted by atomic mass is 16.5. The van der Waals surface area contributed by atoms with Crippen molar-refractivity contribution in [2.24, 2.45) is 0 Å². The quantitative estimate of drug-likeness (QED) is 0.503. The first kappa shape index (κ1) is 8.92. The van der Waals surface area contributed by atoms with E-state index in [0.29, 0.717) is 0 Å². The lowest BCUT2D eigenvalue weighted by Crippen LogP contribution is -1.93. The summed E-state index contributed by atoms with van der Waals surface area (Å²) < 4.78 is 5.08. The highest BCUT2D eigenvalue weighted by molar-refractivity contribution is 4.37. The number of unbranched alkanes of at least 4 members (excludes halogenated alkanes) is 2. The maximum absolute atomic E-state index is 9.92. The molecule has 0 saturated heterocycles. The fourth-order valence-electron chi connectivity index (χ4n) is 0.627. The van der Waals surface area contributed by atoms with Gasteiger partial charge in [0.2, 0.25) is 0 Å². The van der Waals surface area contributed by atoms with Crippen LogP contribution in [0.15, 0.2) is 0 Å². The molecule has 55 valence electrons. The molecule has 0 rings (SSSR count). The summed E-state index contributed by atoms with van der Waals surface area (Å²) in [4.78, 5) is 0.